The van der Waals surface area contributed by atoms with Crippen molar-refractivity contribution in [2.24, 2.45) is 5.92 Å². The van der Waals surface area contributed by atoms with E-state index in [4.69, 9.17) is 18.9 Å². The molecule has 154 valence electrons. The molecule has 1 aromatic rings. The Balaban J connectivity index is 1.49. The molecule has 1 saturated heterocycles. The van der Waals surface area contributed by atoms with Crippen LogP contribution in [0.5, 0.6) is 11.5 Å². The molecule has 7 nitrogen and oxygen atoms in total. The maximum atomic E-state index is 12.4. The molecule has 0 N–H and O–H groups in total. The van der Waals surface area contributed by atoms with E-state index < -0.39 is 5.60 Å². The summed E-state index contributed by atoms with van der Waals surface area (Å²) in [6.45, 7) is 7.67. The number of nitrogens with zero attached hydrogens (tertiary/aromatic N) is 1. The van der Waals surface area contributed by atoms with E-state index in [1.807, 2.05) is 32.9 Å². The van der Waals surface area contributed by atoms with Crippen LogP contribution < -0.4 is 9.47 Å². The Morgan fingerprint density at radius 1 is 1.14 bits per heavy atom. The van der Waals surface area contributed by atoms with E-state index in [1.54, 1.807) is 4.90 Å². The number of piperidine rings is 1. The third-order valence-corrected chi connectivity index (χ3v) is 5.30. The van der Waals surface area contributed by atoms with Crippen molar-refractivity contribution >= 4 is 28.0 Å². The first kappa shape index (κ1) is 20.8. The number of rotatable bonds is 3. The van der Waals surface area contributed by atoms with Gasteiger partial charge in [-0.15, -0.1) is 0 Å². The molecule has 1 aromatic carbocycles. The monoisotopic (exact) mass is 455 g/mol. The van der Waals surface area contributed by atoms with Crippen LogP contribution in [0.2, 0.25) is 0 Å². The van der Waals surface area contributed by atoms with Gasteiger partial charge in [0, 0.05) is 23.1 Å². The van der Waals surface area contributed by atoms with Crippen LogP contribution in [0.15, 0.2) is 16.6 Å². The summed E-state index contributed by atoms with van der Waals surface area (Å²) >= 11 is 3.48. The Kier molecular flexibility index (Phi) is 6.37. The average Bonchev–Trinajstić information content (AvgIpc) is 2.65. The van der Waals surface area contributed by atoms with Gasteiger partial charge in [0.05, 0.1) is 5.92 Å². The summed E-state index contributed by atoms with van der Waals surface area (Å²) in [4.78, 5) is 26.2. The molecule has 2 aliphatic heterocycles. The number of likely N-dealkylation sites (tertiary alicyclic amines) is 1. The van der Waals surface area contributed by atoms with E-state index >= 15 is 0 Å². The van der Waals surface area contributed by atoms with Crippen LogP contribution in [-0.4, -0.2) is 48.9 Å². The zero-order chi connectivity index (χ0) is 20.3. The topological polar surface area (TPSA) is 74.3 Å². The molecule has 0 radical (unpaired) electrons. The Hall–Kier alpha value is -1.96. The van der Waals surface area contributed by atoms with E-state index in [9.17, 15) is 9.59 Å². The first-order valence-corrected chi connectivity index (χ1v) is 10.2. The number of hydrogen-bond acceptors (Lipinski definition) is 6. The maximum absolute atomic E-state index is 12.4. The molecular weight excluding hydrogens is 430 g/mol. The van der Waals surface area contributed by atoms with Crippen LogP contribution in [0, 0.1) is 5.92 Å². The van der Waals surface area contributed by atoms with Gasteiger partial charge in [-0.3, -0.25) is 4.79 Å². The zero-order valence-corrected chi connectivity index (χ0v) is 18.0. The van der Waals surface area contributed by atoms with Crippen LogP contribution in [0.25, 0.3) is 0 Å². The lowest BCUT2D eigenvalue weighted by molar-refractivity contribution is -0.151. The number of halogens is 1. The van der Waals surface area contributed by atoms with Crippen molar-refractivity contribution in [3.05, 3.63) is 22.2 Å². The molecule has 0 spiro atoms. The fraction of sp³-hybridized carbons (Fsp3) is 0.600. The largest absolute Gasteiger partial charge is 0.486 e. The highest BCUT2D eigenvalue weighted by Gasteiger charge is 2.30. The summed E-state index contributed by atoms with van der Waals surface area (Å²) in [7, 11) is 0. The molecular formula is C20H26BrNO6. The highest BCUT2D eigenvalue weighted by Crippen LogP contribution is 2.36. The maximum Gasteiger partial charge on any atom is 0.410 e. The minimum Gasteiger partial charge on any atom is -0.486 e. The standard InChI is InChI=1S/C20H26BrNO6/c1-20(2,3)28-19(24)22-6-4-13(5-7-22)18(23)27-12-14-10-16-17(11-15(14)21)26-9-8-25-16/h10-11,13H,4-9,12H2,1-3H3. The zero-order valence-electron chi connectivity index (χ0n) is 16.5. The van der Waals surface area contributed by atoms with Crippen LogP contribution in [-0.2, 0) is 20.9 Å². The van der Waals surface area contributed by atoms with Crippen LogP contribution >= 0.6 is 15.9 Å². The second-order valence-electron chi connectivity index (χ2n) is 7.94. The van der Waals surface area contributed by atoms with E-state index in [-0.39, 0.29) is 24.6 Å². The molecule has 1 amide bonds. The lowest BCUT2D eigenvalue weighted by Gasteiger charge is -2.32. The fourth-order valence-electron chi connectivity index (χ4n) is 3.11. The first-order valence-electron chi connectivity index (χ1n) is 9.45. The third-order valence-electron chi connectivity index (χ3n) is 4.56. The van der Waals surface area contributed by atoms with Crippen molar-refractivity contribution in [1.82, 2.24) is 4.90 Å². The molecule has 8 heteroatoms. The van der Waals surface area contributed by atoms with E-state index in [2.05, 4.69) is 15.9 Å². The number of carbonyl (C=O) groups excluding carboxylic acids is 2. The fourth-order valence-corrected chi connectivity index (χ4v) is 3.54. The normalized spacial score (nSPS) is 17.2. The summed E-state index contributed by atoms with van der Waals surface area (Å²) in [5.74, 6) is 0.884. The molecule has 0 aromatic heterocycles. The number of ether oxygens (including phenoxy) is 4. The summed E-state index contributed by atoms with van der Waals surface area (Å²) in [6.07, 6.45) is 0.806. The van der Waals surface area contributed by atoms with Gasteiger partial charge in [0.15, 0.2) is 11.5 Å². The Bertz CT molecular complexity index is 737. The summed E-state index contributed by atoms with van der Waals surface area (Å²) in [6, 6.07) is 3.66. The number of hydrogen-bond donors (Lipinski definition) is 0. The van der Waals surface area contributed by atoms with E-state index in [0.29, 0.717) is 50.6 Å². The van der Waals surface area contributed by atoms with Gasteiger partial charge in [0.2, 0.25) is 0 Å². The van der Waals surface area contributed by atoms with E-state index in [1.165, 1.54) is 0 Å². The Morgan fingerprint density at radius 2 is 1.75 bits per heavy atom. The molecule has 0 aliphatic carbocycles. The van der Waals surface area contributed by atoms with Crippen molar-refractivity contribution in [2.75, 3.05) is 26.3 Å². The van der Waals surface area contributed by atoms with Crippen LogP contribution in [0.4, 0.5) is 4.79 Å². The summed E-state index contributed by atoms with van der Waals surface area (Å²) < 4.78 is 22.8. The number of amides is 1. The highest BCUT2D eigenvalue weighted by atomic mass is 79.9. The lowest BCUT2D eigenvalue weighted by atomic mass is 9.97. The SMILES string of the molecule is CC(C)(C)OC(=O)N1CCC(C(=O)OCc2cc3c(cc2Br)OCCO3)CC1. The molecule has 2 aliphatic rings. The van der Waals surface area contributed by atoms with Gasteiger partial charge in [0.25, 0.3) is 0 Å². The quantitative estimate of drug-likeness (QED) is 0.643. The van der Waals surface area contributed by atoms with Gasteiger partial charge in [0.1, 0.15) is 25.4 Å². The third kappa shape index (κ3) is 5.31. The van der Waals surface area contributed by atoms with Gasteiger partial charge >= 0.3 is 12.1 Å². The van der Waals surface area contributed by atoms with Crippen molar-refractivity contribution in [3.8, 4) is 11.5 Å². The predicted octanol–water partition coefficient (Wildman–Crippen LogP) is 3.91. The second-order valence-corrected chi connectivity index (χ2v) is 8.79. The van der Waals surface area contributed by atoms with Crippen molar-refractivity contribution in [3.63, 3.8) is 0 Å². The number of benzene rings is 1. The number of carbonyl (C=O) groups is 2. The first-order chi connectivity index (χ1) is 13.2. The van der Waals surface area contributed by atoms with Gasteiger partial charge in [-0.1, -0.05) is 15.9 Å². The smallest absolute Gasteiger partial charge is 0.410 e. The van der Waals surface area contributed by atoms with Crippen molar-refractivity contribution in [1.29, 1.82) is 0 Å². The number of esters is 1. The summed E-state index contributed by atoms with van der Waals surface area (Å²) in [5.41, 5.74) is 0.299. The van der Waals surface area contributed by atoms with Gasteiger partial charge < -0.3 is 23.8 Å². The molecule has 28 heavy (non-hydrogen) atoms. The van der Waals surface area contributed by atoms with E-state index in [0.717, 1.165) is 10.0 Å². The highest BCUT2D eigenvalue weighted by molar-refractivity contribution is 9.10. The average molecular weight is 456 g/mol. The molecule has 2 heterocycles. The predicted molar refractivity (Wildman–Crippen MR) is 105 cm³/mol. The lowest BCUT2D eigenvalue weighted by Crippen LogP contribution is -2.43. The molecule has 0 unspecified atom stereocenters. The molecule has 0 bridgehead atoms. The second kappa shape index (κ2) is 8.59. The van der Waals surface area contributed by atoms with Crippen LogP contribution in [0.3, 0.4) is 0 Å². The molecule has 1 fully saturated rings. The Morgan fingerprint density at radius 3 is 2.36 bits per heavy atom. The molecule has 0 atom stereocenters. The van der Waals surface area contributed by atoms with Crippen molar-refractivity contribution < 1.29 is 28.5 Å². The number of fused-ring (bicyclic) bond motifs is 1. The minimum absolute atomic E-state index is 0.155. The van der Waals surface area contributed by atoms with Crippen LogP contribution in [0.1, 0.15) is 39.2 Å². The molecule has 0 saturated carbocycles. The van der Waals surface area contributed by atoms with Gasteiger partial charge in [-0.25, -0.2) is 4.79 Å². The Labute approximate surface area is 173 Å². The van der Waals surface area contributed by atoms with Crippen molar-refractivity contribution in [2.45, 2.75) is 45.8 Å². The van der Waals surface area contributed by atoms with Gasteiger partial charge in [-0.2, -0.15) is 0 Å². The van der Waals surface area contributed by atoms with Gasteiger partial charge in [-0.05, 0) is 45.7 Å². The molecule has 3 rings (SSSR count). The minimum atomic E-state index is -0.524. The summed E-state index contributed by atoms with van der Waals surface area (Å²) in [5, 5.41) is 0.